The molecule has 118 valence electrons. The van der Waals surface area contributed by atoms with E-state index in [1.54, 1.807) is 11.3 Å². The summed E-state index contributed by atoms with van der Waals surface area (Å²) in [6, 6.07) is 10.4. The SMILES string of the molecule is Cc1csc(N2CCC(C(O)CCc3ccccc3)CC2)n1. The van der Waals surface area contributed by atoms with E-state index in [-0.39, 0.29) is 6.10 Å². The van der Waals surface area contributed by atoms with Gasteiger partial charge in [-0.05, 0) is 44.1 Å². The van der Waals surface area contributed by atoms with Crippen LogP contribution >= 0.6 is 11.3 Å². The monoisotopic (exact) mass is 316 g/mol. The van der Waals surface area contributed by atoms with Gasteiger partial charge in [0.05, 0.1) is 11.8 Å². The van der Waals surface area contributed by atoms with Crippen LogP contribution in [0.3, 0.4) is 0 Å². The topological polar surface area (TPSA) is 36.4 Å². The van der Waals surface area contributed by atoms with Crippen LogP contribution in [0, 0.1) is 12.8 Å². The molecule has 0 spiro atoms. The Morgan fingerprint density at radius 2 is 2.00 bits per heavy atom. The summed E-state index contributed by atoms with van der Waals surface area (Å²) in [7, 11) is 0. The van der Waals surface area contributed by atoms with Crippen molar-refractivity contribution >= 4 is 16.5 Å². The number of aliphatic hydroxyl groups excluding tert-OH is 1. The second kappa shape index (κ2) is 7.25. The first-order chi connectivity index (χ1) is 10.7. The molecule has 1 N–H and O–H groups in total. The lowest BCUT2D eigenvalue weighted by Crippen LogP contribution is -2.38. The van der Waals surface area contributed by atoms with E-state index in [9.17, 15) is 5.11 Å². The van der Waals surface area contributed by atoms with Crippen molar-refractivity contribution in [1.82, 2.24) is 4.98 Å². The molecule has 1 aromatic heterocycles. The largest absolute Gasteiger partial charge is 0.393 e. The highest BCUT2D eigenvalue weighted by Crippen LogP contribution is 2.28. The van der Waals surface area contributed by atoms with Crippen LogP contribution in [-0.2, 0) is 6.42 Å². The molecule has 1 saturated heterocycles. The van der Waals surface area contributed by atoms with Crippen LogP contribution in [0.25, 0.3) is 0 Å². The molecule has 3 rings (SSSR count). The van der Waals surface area contributed by atoms with Crippen LogP contribution < -0.4 is 4.90 Å². The first kappa shape index (κ1) is 15.5. The van der Waals surface area contributed by atoms with E-state index in [1.165, 1.54) is 5.56 Å². The third kappa shape index (κ3) is 3.87. The van der Waals surface area contributed by atoms with Crippen molar-refractivity contribution in [3.05, 3.63) is 47.0 Å². The summed E-state index contributed by atoms with van der Waals surface area (Å²) in [5.74, 6) is 0.432. The third-order valence-corrected chi connectivity index (χ3v) is 5.55. The van der Waals surface area contributed by atoms with E-state index >= 15 is 0 Å². The predicted molar refractivity (Wildman–Crippen MR) is 92.6 cm³/mol. The maximum atomic E-state index is 10.5. The van der Waals surface area contributed by atoms with Crippen LogP contribution in [0.15, 0.2) is 35.7 Å². The Kier molecular flexibility index (Phi) is 5.11. The molecule has 0 saturated carbocycles. The fourth-order valence-corrected chi connectivity index (χ4v) is 4.01. The predicted octanol–water partition coefficient (Wildman–Crippen LogP) is 3.66. The summed E-state index contributed by atoms with van der Waals surface area (Å²) in [4.78, 5) is 6.92. The van der Waals surface area contributed by atoms with Crippen molar-refractivity contribution in [3.63, 3.8) is 0 Å². The van der Waals surface area contributed by atoms with E-state index in [0.29, 0.717) is 5.92 Å². The number of hydrogen-bond acceptors (Lipinski definition) is 4. The molecular weight excluding hydrogens is 292 g/mol. The van der Waals surface area contributed by atoms with Gasteiger partial charge in [0, 0.05) is 18.5 Å². The molecule has 4 heteroatoms. The Morgan fingerprint density at radius 1 is 1.27 bits per heavy atom. The molecule has 1 unspecified atom stereocenters. The minimum Gasteiger partial charge on any atom is -0.393 e. The Hall–Kier alpha value is -1.39. The van der Waals surface area contributed by atoms with Gasteiger partial charge in [0.25, 0.3) is 0 Å². The first-order valence-corrected chi connectivity index (χ1v) is 8.99. The standard InChI is InChI=1S/C18H24N2OS/c1-14-13-22-18(19-14)20-11-9-16(10-12-20)17(21)8-7-15-5-3-2-4-6-15/h2-6,13,16-17,21H,7-12H2,1H3. The second-order valence-electron chi connectivity index (χ2n) is 6.19. The molecule has 2 aromatic rings. The Bertz CT molecular complexity index is 576. The lowest BCUT2D eigenvalue weighted by molar-refractivity contribution is 0.0850. The van der Waals surface area contributed by atoms with Crippen LogP contribution in [0.4, 0.5) is 5.13 Å². The highest BCUT2D eigenvalue weighted by Gasteiger charge is 2.26. The number of nitrogens with zero attached hydrogens (tertiary/aromatic N) is 2. The van der Waals surface area contributed by atoms with Gasteiger partial charge < -0.3 is 10.0 Å². The van der Waals surface area contributed by atoms with Crippen LogP contribution in [-0.4, -0.2) is 29.3 Å². The second-order valence-corrected chi connectivity index (χ2v) is 7.02. The summed E-state index contributed by atoms with van der Waals surface area (Å²) in [5.41, 5.74) is 2.42. The molecule has 0 bridgehead atoms. The highest BCUT2D eigenvalue weighted by atomic mass is 32.1. The molecule has 0 amide bonds. The quantitative estimate of drug-likeness (QED) is 0.914. The van der Waals surface area contributed by atoms with Crippen molar-refractivity contribution < 1.29 is 5.11 Å². The van der Waals surface area contributed by atoms with Gasteiger partial charge in [-0.2, -0.15) is 0 Å². The van der Waals surface area contributed by atoms with Crippen LogP contribution in [0.1, 0.15) is 30.5 Å². The van der Waals surface area contributed by atoms with Crippen molar-refractivity contribution in [1.29, 1.82) is 0 Å². The van der Waals surface area contributed by atoms with Crippen LogP contribution in [0.5, 0.6) is 0 Å². The van der Waals surface area contributed by atoms with Gasteiger partial charge in [-0.3, -0.25) is 0 Å². The van der Waals surface area contributed by atoms with E-state index in [1.807, 2.05) is 13.0 Å². The summed E-state index contributed by atoms with van der Waals surface area (Å²) >= 11 is 1.73. The van der Waals surface area contributed by atoms with Crippen LogP contribution in [0.2, 0.25) is 0 Å². The molecule has 22 heavy (non-hydrogen) atoms. The number of anilines is 1. The molecular formula is C18H24N2OS. The van der Waals surface area contributed by atoms with Gasteiger partial charge in [-0.1, -0.05) is 30.3 Å². The number of hydrogen-bond donors (Lipinski definition) is 1. The lowest BCUT2D eigenvalue weighted by atomic mass is 9.88. The normalized spacial score (nSPS) is 17.6. The maximum Gasteiger partial charge on any atom is 0.185 e. The molecule has 1 aliphatic heterocycles. The molecule has 2 heterocycles. The van der Waals surface area contributed by atoms with E-state index in [4.69, 9.17) is 0 Å². The fraction of sp³-hybridized carbons (Fsp3) is 0.500. The minimum atomic E-state index is -0.180. The number of rotatable bonds is 5. The zero-order chi connectivity index (χ0) is 15.4. The zero-order valence-corrected chi connectivity index (χ0v) is 13.9. The Labute approximate surface area is 136 Å². The van der Waals surface area contributed by atoms with E-state index in [0.717, 1.165) is 49.6 Å². The molecule has 1 atom stereocenters. The number of aromatic nitrogens is 1. The molecule has 1 aromatic carbocycles. The van der Waals surface area contributed by atoms with E-state index in [2.05, 4.69) is 39.5 Å². The first-order valence-electron chi connectivity index (χ1n) is 8.11. The van der Waals surface area contributed by atoms with Crippen molar-refractivity contribution in [3.8, 4) is 0 Å². The Balaban J connectivity index is 1.46. The van der Waals surface area contributed by atoms with Crippen molar-refractivity contribution in [2.24, 2.45) is 5.92 Å². The molecule has 0 radical (unpaired) electrons. The van der Waals surface area contributed by atoms with Gasteiger partial charge in [-0.15, -0.1) is 11.3 Å². The molecule has 1 aliphatic rings. The number of piperidine rings is 1. The van der Waals surface area contributed by atoms with Gasteiger partial charge in [0.1, 0.15) is 0 Å². The number of aryl methyl sites for hydroxylation is 2. The van der Waals surface area contributed by atoms with Gasteiger partial charge in [0.15, 0.2) is 5.13 Å². The number of benzene rings is 1. The number of aliphatic hydroxyl groups is 1. The lowest BCUT2D eigenvalue weighted by Gasteiger charge is -2.34. The smallest absolute Gasteiger partial charge is 0.185 e. The molecule has 0 aliphatic carbocycles. The summed E-state index contributed by atoms with van der Waals surface area (Å²) in [6.07, 6.45) is 3.78. The fourth-order valence-electron chi connectivity index (χ4n) is 3.16. The van der Waals surface area contributed by atoms with Crippen molar-refractivity contribution in [2.75, 3.05) is 18.0 Å². The summed E-state index contributed by atoms with van der Waals surface area (Å²) in [5, 5.41) is 13.7. The maximum absolute atomic E-state index is 10.5. The highest BCUT2D eigenvalue weighted by molar-refractivity contribution is 7.13. The van der Waals surface area contributed by atoms with Crippen molar-refractivity contribution in [2.45, 2.75) is 38.7 Å². The summed E-state index contributed by atoms with van der Waals surface area (Å²) in [6.45, 7) is 4.07. The average Bonchev–Trinajstić information content (AvgIpc) is 3.00. The minimum absolute atomic E-state index is 0.180. The van der Waals surface area contributed by atoms with E-state index < -0.39 is 0 Å². The average molecular weight is 316 g/mol. The number of thiazole rings is 1. The molecule has 1 fully saturated rings. The van der Waals surface area contributed by atoms with Gasteiger partial charge >= 0.3 is 0 Å². The summed E-state index contributed by atoms with van der Waals surface area (Å²) < 4.78 is 0. The third-order valence-electron chi connectivity index (χ3n) is 4.53. The zero-order valence-electron chi connectivity index (χ0n) is 13.1. The van der Waals surface area contributed by atoms with Gasteiger partial charge in [-0.25, -0.2) is 4.98 Å². The van der Waals surface area contributed by atoms with Gasteiger partial charge in [0.2, 0.25) is 0 Å². The Morgan fingerprint density at radius 3 is 2.64 bits per heavy atom. The molecule has 3 nitrogen and oxygen atoms in total.